The lowest BCUT2D eigenvalue weighted by molar-refractivity contribution is 0.0358. The summed E-state index contributed by atoms with van der Waals surface area (Å²) in [5, 5.41) is 12.2. The van der Waals surface area contributed by atoms with Gasteiger partial charge < -0.3 is 4.74 Å². The summed E-state index contributed by atoms with van der Waals surface area (Å²) in [5.74, 6) is 0. The Morgan fingerprint density at radius 3 is 2.64 bits per heavy atom. The second-order valence-electron chi connectivity index (χ2n) is 6.17. The smallest absolute Gasteiger partial charge is 0.0812 e. The summed E-state index contributed by atoms with van der Waals surface area (Å²) in [4.78, 5) is 2.39. The molecule has 0 aromatic heterocycles. The molecule has 1 fully saturated rings. The Labute approximate surface area is 132 Å². The molecule has 114 valence electrons. The summed E-state index contributed by atoms with van der Waals surface area (Å²) in [5.41, 5.74) is 0.681. The van der Waals surface area contributed by atoms with Crippen LogP contribution in [-0.2, 0) is 10.2 Å². The van der Waals surface area contributed by atoms with Gasteiger partial charge in [0.2, 0.25) is 0 Å². The highest BCUT2D eigenvalue weighted by atomic mass is 16.5. The summed E-state index contributed by atoms with van der Waals surface area (Å²) < 4.78 is 5.39. The van der Waals surface area contributed by atoms with Gasteiger partial charge in [0.05, 0.1) is 24.7 Å². The monoisotopic (exact) mass is 294 g/mol. The van der Waals surface area contributed by atoms with E-state index in [9.17, 15) is 5.26 Å². The molecule has 1 unspecified atom stereocenters. The second kappa shape index (κ2) is 6.48. The predicted octanol–water partition coefficient (Wildman–Crippen LogP) is 3.34. The van der Waals surface area contributed by atoms with Gasteiger partial charge in [0.25, 0.3) is 0 Å². The number of ether oxygens (including phenoxy) is 1. The van der Waals surface area contributed by atoms with Crippen molar-refractivity contribution in [1.82, 2.24) is 4.90 Å². The Bertz CT molecular complexity index is 680. The van der Waals surface area contributed by atoms with Crippen LogP contribution in [0.3, 0.4) is 0 Å². The fraction of sp³-hybridized carbons (Fsp3) is 0.421. The lowest BCUT2D eigenvalue weighted by Gasteiger charge is -2.30. The highest BCUT2D eigenvalue weighted by Crippen LogP contribution is 2.33. The number of hydrogen-bond acceptors (Lipinski definition) is 3. The lowest BCUT2D eigenvalue weighted by atomic mass is 9.78. The molecule has 0 radical (unpaired) electrons. The third-order valence-corrected chi connectivity index (χ3v) is 4.66. The van der Waals surface area contributed by atoms with Crippen LogP contribution in [0.4, 0.5) is 0 Å². The van der Waals surface area contributed by atoms with Crippen molar-refractivity contribution in [2.75, 3.05) is 32.8 Å². The van der Waals surface area contributed by atoms with Crippen LogP contribution in [0.1, 0.15) is 18.9 Å². The average Bonchev–Trinajstić information content (AvgIpc) is 2.60. The molecule has 1 aliphatic rings. The molecular weight excluding hydrogens is 272 g/mol. The fourth-order valence-electron chi connectivity index (χ4n) is 3.16. The molecule has 3 heteroatoms. The largest absolute Gasteiger partial charge is 0.379 e. The lowest BCUT2D eigenvalue weighted by Crippen LogP contribution is -2.39. The molecule has 1 atom stereocenters. The highest BCUT2D eigenvalue weighted by Gasteiger charge is 2.29. The average molecular weight is 294 g/mol. The quantitative estimate of drug-likeness (QED) is 0.867. The number of fused-ring (bicyclic) bond motifs is 1. The molecule has 2 aromatic carbocycles. The Morgan fingerprint density at radius 2 is 1.86 bits per heavy atom. The minimum atomic E-state index is -0.459. The number of hydrogen-bond donors (Lipinski definition) is 0. The van der Waals surface area contributed by atoms with Crippen molar-refractivity contribution in [3.63, 3.8) is 0 Å². The predicted molar refractivity (Wildman–Crippen MR) is 88.8 cm³/mol. The van der Waals surface area contributed by atoms with Gasteiger partial charge in [0.15, 0.2) is 0 Å². The molecule has 1 heterocycles. The topological polar surface area (TPSA) is 36.3 Å². The third-order valence-electron chi connectivity index (χ3n) is 4.66. The fourth-order valence-corrected chi connectivity index (χ4v) is 3.16. The van der Waals surface area contributed by atoms with Crippen LogP contribution < -0.4 is 0 Å². The van der Waals surface area contributed by atoms with Gasteiger partial charge in [-0.1, -0.05) is 42.5 Å². The minimum absolute atomic E-state index is 0.459. The Kier molecular flexibility index (Phi) is 4.42. The van der Waals surface area contributed by atoms with Crippen LogP contribution in [0.5, 0.6) is 0 Å². The van der Waals surface area contributed by atoms with Crippen LogP contribution in [0.2, 0.25) is 0 Å². The molecule has 1 aliphatic heterocycles. The SMILES string of the molecule is CC(C#N)(CCN1CCOCC1)c1cccc2ccccc12. The molecule has 0 aliphatic carbocycles. The van der Waals surface area contributed by atoms with Crippen molar-refractivity contribution in [2.45, 2.75) is 18.8 Å². The molecule has 2 aromatic rings. The number of morpholine rings is 1. The molecule has 3 rings (SSSR count). The van der Waals surface area contributed by atoms with E-state index in [1.807, 2.05) is 12.1 Å². The summed E-state index contributed by atoms with van der Waals surface area (Å²) >= 11 is 0. The van der Waals surface area contributed by atoms with Crippen molar-refractivity contribution in [3.8, 4) is 6.07 Å². The second-order valence-corrected chi connectivity index (χ2v) is 6.17. The van der Waals surface area contributed by atoms with E-state index in [2.05, 4.69) is 48.2 Å². The van der Waals surface area contributed by atoms with Crippen molar-refractivity contribution < 1.29 is 4.74 Å². The molecule has 0 amide bonds. The minimum Gasteiger partial charge on any atom is -0.379 e. The Balaban J connectivity index is 1.86. The van der Waals surface area contributed by atoms with Crippen LogP contribution in [-0.4, -0.2) is 37.7 Å². The maximum absolute atomic E-state index is 9.83. The first-order valence-corrected chi connectivity index (χ1v) is 7.92. The van der Waals surface area contributed by atoms with Gasteiger partial charge in [-0.25, -0.2) is 0 Å². The van der Waals surface area contributed by atoms with E-state index < -0.39 is 5.41 Å². The molecule has 22 heavy (non-hydrogen) atoms. The maximum atomic E-state index is 9.83. The number of rotatable bonds is 4. The molecular formula is C19H22N2O. The van der Waals surface area contributed by atoms with Crippen molar-refractivity contribution in [3.05, 3.63) is 48.0 Å². The first kappa shape index (κ1) is 15.0. The molecule has 0 N–H and O–H groups in total. The Hall–Kier alpha value is -1.89. The summed E-state index contributed by atoms with van der Waals surface area (Å²) in [6, 6.07) is 17.2. The first-order valence-electron chi connectivity index (χ1n) is 7.92. The van der Waals surface area contributed by atoms with Crippen LogP contribution in [0.25, 0.3) is 10.8 Å². The Morgan fingerprint density at radius 1 is 1.14 bits per heavy atom. The number of nitrogens with zero attached hydrogens (tertiary/aromatic N) is 2. The van der Waals surface area contributed by atoms with E-state index >= 15 is 0 Å². The molecule has 3 nitrogen and oxygen atoms in total. The van der Waals surface area contributed by atoms with Crippen LogP contribution in [0, 0.1) is 11.3 Å². The van der Waals surface area contributed by atoms with Crippen molar-refractivity contribution >= 4 is 10.8 Å². The first-order chi connectivity index (χ1) is 10.7. The van der Waals surface area contributed by atoms with E-state index in [-0.39, 0.29) is 0 Å². The normalized spacial score (nSPS) is 18.7. The van der Waals surface area contributed by atoms with E-state index in [1.165, 1.54) is 10.8 Å². The van der Waals surface area contributed by atoms with Gasteiger partial charge in [-0.05, 0) is 29.7 Å². The molecule has 0 bridgehead atoms. The van der Waals surface area contributed by atoms with Crippen molar-refractivity contribution in [1.29, 1.82) is 5.26 Å². The standard InChI is InChI=1S/C19H22N2O/c1-19(15-20,9-10-21-11-13-22-14-12-21)18-8-4-6-16-5-2-3-7-17(16)18/h2-8H,9-14H2,1H3. The van der Waals surface area contributed by atoms with Crippen molar-refractivity contribution in [2.24, 2.45) is 0 Å². The summed E-state index contributed by atoms with van der Waals surface area (Å²) in [6.07, 6.45) is 0.845. The van der Waals surface area contributed by atoms with Gasteiger partial charge in [-0.3, -0.25) is 4.90 Å². The van der Waals surface area contributed by atoms with E-state index in [0.29, 0.717) is 0 Å². The third kappa shape index (κ3) is 2.99. The zero-order valence-corrected chi connectivity index (χ0v) is 13.1. The molecule has 0 spiro atoms. The van der Waals surface area contributed by atoms with Crippen LogP contribution >= 0.6 is 0 Å². The molecule has 1 saturated heterocycles. The van der Waals surface area contributed by atoms with Crippen LogP contribution in [0.15, 0.2) is 42.5 Å². The zero-order valence-electron chi connectivity index (χ0n) is 13.1. The number of benzene rings is 2. The van der Waals surface area contributed by atoms with Gasteiger partial charge >= 0.3 is 0 Å². The highest BCUT2D eigenvalue weighted by molar-refractivity contribution is 5.87. The number of nitriles is 1. The van der Waals surface area contributed by atoms with Gasteiger partial charge in [0, 0.05) is 19.6 Å². The van der Waals surface area contributed by atoms with E-state index in [0.717, 1.165) is 44.8 Å². The zero-order chi connectivity index (χ0) is 15.4. The van der Waals surface area contributed by atoms with Gasteiger partial charge in [-0.2, -0.15) is 5.26 Å². The maximum Gasteiger partial charge on any atom is 0.0812 e. The molecule has 0 saturated carbocycles. The van der Waals surface area contributed by atoms with E-state index in [1.54, 1.807) is 0 Å². The van der Waals surface area contributed by atoms with E-state index in [4.69, 9.17) is 4.74 Å². The van der Waals surface area contributed by atoms with Gasteiger partial charge in [0.1, 0.15) is 0 Å². The van der Waals surface area contributed by atoms with Gasteiger partial charge in [-0.15, -0.1) is 0 Å². The summed E-state index contributed by atoms with van der Waals surface area (Å²) in [6.45, 7) is 6.55. The summed E-state index contributed by atoms with van der Waals surface area (Å²) in [7, 11) is 0.